The molecule has 0 radical (unpaired) electrons. The second-order valence-corrected chi connectivity index (χ2v) is 5.15. The third-order valence-corrected chi connectivity index (χ3v) is 3.30. The fourth-order valence-electron chi connectivity index (χ4n) is 1.95. The van der Waals surface area contributed by atoms with Gasteiger partial charge in [-0.1, -0.05) is 40.2 Å². The molecule has 2 aromatic rings. The zero-order valence-electron chi connectivity index (χ0n) is 10.2. The van der Waals surface area contributed by atoms with Gasteiger partial charge in [0.25, 0.3) is 0 Å². The number of alkyl halides is 6. The summed E-state index contributed by atoms with van der Waals surface area (Å²) < 4.78 is 78.1. The van der Waals surface area contributed by atoms with Gasteiger partial charge in [0, 0.05) is 4.47 Å². The molecule has 0 N–H and O–H groups in total. The Labute approximate surface area is 124 Å². The SMILES string of the molecule is FC(F)(F)c1ccccc1-c1ccc(Br)cc1C(F)(F)F. The van der Waals surface area contributed by atoms with E-state index in [1.165, 1.54) is 12.1 Å². The smallest absolute Gasteiger partial charge is 0.166 e. The predicted molar refractivity (Wildman–Crippen MR) is 69.6 cm³/mol. The van der Waals surface area contributed by atoms with Crippen molar-refractivity contribution in [2.75, 3.05) is 0 Å². The first-order valence-corrected chi connectivity index (χ1v) is 6.43. The summed E-state index contributed by atoms with van der Waals surface area (Å²) in [4.78, 5) is 0. The van der Waals surface area contributed by atoms with Gasteiger partial charge in [0.1, 0.15) is 0 Å². The van der Waals surface area contributed by atoms with Crippen LogP contribution in [0, 0.1) is 0 Å². The maximum Gasteiger partial charge on any atom is 0.417 e. The van der Waals surface area contributed by atoms with Gasteiger partial charge in [-0.3, -0.25) is 0 Å². The molecule has 0 bridgehead atoms. The fourth-order valence-corrected chi connectivity index (χ4v) is 2.31. The van der Waals surface area contributed by atoms with Crippen LogP contribution in [0.25, 0.3) is 11.1 Å². The lowest BCUT2D eigenvalue weighted by Crippen LogP contribution is -2.11. The van der Waals surface area contributed by atoms with Gasteiger partial charge in [-0.15, -0.1) is 0 Å². The van der Waals surface area contributed by atoms with Gasteiger partial charge in [-0.25, -0.2) is 0 Å². The maximum absolute atomic E-state index is 13.0. The van der Waals surface area contributed by atoms with Gasteiger partial charge in [-0.2, -0.15) is 26.3 Å². The summed E-state index contributed by atoms with van der Waals surface area (Å²) in [6, 6.07) is 7.27. The molecule has 0 atom stereocenters. The van der Waals surface area contributed by atoms with E-state index in [9.17, 15) is 26.3 Å². The molecule has 0 aliphatic carbocycles. The first-order chi connectivity index (χ1) is 9.60. The van der Waals surface area contributed by atoms with Crippen molar-refractivity contribution in [2.45, 2.75) is 12.4 Å². The molecule has 0 saturated heterocycles. The minimum Gasteiger partial charge on any atom is -0.166 e. The molecule has 0 nitrogen and oxygen atoms in total. The lowest BCUT2D eigenvalue weighted by Gasteiger charge is -2.17. The van der Waals surface area contributed by atoms with Crippen LogP contribution >= 0.6 is 15.9 Å². The summed E-state index contributed by atoms with van der Waals surface area (Å²) in [6.07, 6.45) is -9.48. The average Bonchev–Trinajstić information content (AvgIpc) is 2.36. The van der Waals surface area contributed by atoms with Crippen LogP contribution in [0.3, 0.4) is 0 Å². The molecule has 0 aliphatic rings. The van der Waals surface area contributed by atoms with Crippen LogP contribution in [0.4, 0.5) is 26.3 Å². The molecule has 0 fully saturated rings. The number of benzene rings is 2. The van der Waals surface area contributed by atoms with Gasteiger partial charge in [0.15, 0.2) is 0 Å². The quantitative estimate of drug-likeness (QED) is 0.529. The Hall–Kier alpha value is -1.50. The molecule has 112 valence electrons. The molecule has 0 spiro atoms. The molecule has 0 aliphatic heterocycles. The topological polar surface area (TPSA) is 0 Å². The maximum atomic E-state index is 13.0. The summed E-state index contributed by atoms with van der Waals surface area (Å²) in [7, 11) is 0. The highest BCUT2D eigenvalue weighted by molar-refractivity contribution is 9.10. The third-order valence-electron chi connectivity index (χ3n) is 2.81. The Morgan fingerprint density at radius 2 is 1.19 bits per heavy atom. The van der Waals surface area contributed by atoms with Crippen LogP contribution < -0.4 is 0 Å². The summed E-state index contributed by atoms with van der Waals surface area (Å²) in [5.74, 6) is 0. The highest BCUT2D eigenvalue weighted by Gasteiger charge is 2.38. The third kappa shape index (κ3) is 3.40. The van der Waals surface area contributed by atoms with Crippen molar-refractivity contribution < 1.29 is 26.3 Å². The Balaban J connectivity index is 2.75. The Bertz CT molecular complexity index is 657. The van der Waals surface area contributed by atoms with E-state index in [4.69, 9.17) is 0 Å². The van der Waals surface area contributed by atoms with E-state index < -0.39 is 34.6 Å². The van der Waals surface area contributed by atoms with Crippen molar-refractivity contribution >= 4 is 15.9 Å². The molecule has 2 aromatic carbocycles. The van der Waals surface area contributed by atoms with Crippen molar-refractivity contribution in [3.05, 3.63) is 58.1 Å². The number of halogens is 7. The minimum atomic E-state index is -4.75. The molecule has 0 saturated carbocycles. The molecule has 7 heteroatoms. The van der Waals surface area contributed by atoms with Crippen molar-refractivity contribution in [1.82, 2.24) is 0 Å². The zero-order chi connectivity index (χ0) is 15.8. The van der Waals surface area contributed by atoms with E-state index in [2.05, 4.69) is 15.9 Å². The fraction of sp³-hybridized carbons (Fsp3) is 0.143. The summed E-state index contributed by atoms with van der Waals surface area (Å²) in [5, 5.41) is 0. The number of hydrogen-bond donors (Lipinski definition) is 0. The van der Waals surface area contributed by atoms with Gasteiger partial charge in [0.05, 0.1) is 11.1 Å². The molecule has 2 rings (SSSR count). The first kappa shape index (κ1) is 15.9. The number of hydrogen-bond acceptors (Lipinski definition) is 0. The number of rotatable bonds is 1. The van der Waals surface area contributed by atoms with Crippen molar-refractivity contribution in [3.8, 4) is 11.1 Å². The van der Waals surface area contributed by atoms with Crippen molar-refractivity contribution in [1.29, 1.82) is 0 Å². The van der Waals surface area contributed by atoms with E-state index in [1.54, 1.807) is 0 Å². The van der Waals surface area contributed by atoms with Crippen molar-refractivity contribution in [3.63, 3.8) is 0 Å². The summed E-state index contributed by atoms with van der Waals surface area (Å²) in [5.41, 5.74) is -3.21. The largest absolute Gasteiger partial charge is 0.417 e. The Morgan fingerprint density at radius 3 is 1.76 bits per heavy atom. The average molecular weight is 369 g/mol. The van der Waals surface area contributed by atoms with E-state index in [0.29, 0.717) is 0 Å². The second kappa shape index (κ2) is 5.36. The lowest BCUT2D eigenvalue weighted by molar-refractivity contribution is -0.139. The van der Waals surface area contributed by atoms with Crippen molar-refractivity contribution in [2.24, 2.45) is 0 Å². The lowest BCUT2D eigenvalue weighted by atomic mass is 9.95. The van der Waals surface area contributed by atoms with Gasteiger partial charge >= 0.3 is 12.4 Å². The Morgan fingerprint density at radius 1 is 0.667 bits per heavy atom. The summed E-state index contributed by atoms with van der Waals surface area (Å²) >= 11 is 2.90. The van der Waals surface area contributed by atoms with Crippen LogP contribution in [-0.2, 0) is 12.4 Å². The van der Waals surface area contributed by atoms with E-state index in [1.807, 2.05) is 0 Å². The van der Waals surface area contributed by atoms with Gasteiger partial charge < -0.3 is 0 Å². The molecule has 0 heterocycles. The second-order valence-electron chi connectivity index (χ2n) is 4.23. The van der Waals surface area contributed by atoms with Crippen LogP contribution in [-0.4, -0.2) is 0 Å². The molecule has 0 unspecified atom stereocenters. The molecule has 0 aromatic heterocycles. The zero-order valence-corrected chi connectivity index (χ0v) is 11.8. The highest BCUT2D eigenvalue weighted by atomic mass is 79.9. The van der Waals surface area contributed by atoms with Crippen LogP contribution in [0.5, 0.6) is 0 Å². The standard InChI is InChI=1S/C14H7BrF6/c15-8-5-6-10(12(7-8)14(19,20)21)9-3-1-2-4-11(9)13(16,17)18/h1-7H. The van der Waals surface area contributed by atoms with Crippen LogP contribution in [0.1, 0.15) is 11.1 Å². The minimum absolute atomic E-state index is 0.142. The first-order valence-electron chi connectivity index (χ1n) is 5.64. The van der Waals surface area contributed by atoms with E-state index in [-0.39, 0.29) is 4.47 Å². The van der Waals surface area contributed by atoms with Crippen LogP contribution in [0.2, 0.25) is 0 Å². The summed E-state index contributed by atoms with van der Waals surface area (Å²) in [6.45, 7) is 0. The molecule has 21 heavy (non-hydrogen) atoms. The Kier molecular flexibility index (Phi) is 4.06. The van der Waals surface area contributed by atoms with E-state index >= 15 is 0 Å². The highest BCUT2D eigenvalue weighted by Crippen LogP contribution is 2.43. The monoisotopic (exact) mass is 368 g/mol. The van der Waals surface area contributed by atoms with Gasteiger partial charge in [0.2, 0.25) is 0 Å². The molecular formula is C14H7BrF6. The van der Waals surface area contributed by atoms with E-state index in [0.717, 1.165) is 30.3 Å². The van der Waals surface area contributed by atoms with Crippen LogP contribution in [0.15, 0.2) is 46.9 Å². The van der Waals surface area contributed by atoms with Gasteiger partial charge in [-0.05, 0) is 29.3 Å². The molecule has 0 amide bonds. The predicted octanol–water partition coefficient (Wildman–Crippen LogP) is 6.15. The normalized spacial score (nSPS) is 12.5. The molecular weight excluding hydrogens is 362 g/mol.